The van der Waals surface area contributed by atoms with Crippen LogP contribution in [0.25, 0.3) is 0 Å². The minimum absolute atomic E-state index is 0.268. The maximum Gasteiger partial charge on any atom is 0.311 e. The van der Waals surface area contributed by atoms with Gasteiger partial charge in [-0.05, 0) is 54.8 Å². The first-order valence-electron chi connectivity index (χ1n) is 8.30. The second-order valence-corrected chi connectivity index (χ2v) is 5.51. The number of hydrogen-bond donors (Lipinski definition) is 0. The van der Waals surface area contributed by atoms with Crippen molar-refractivity contribution in [2.24, 2.45) is 0 Å². The highest BCUT2D eigenvalue weighted by atomic mass is 16.5. The Balaban J connectivity index is 1.88. The summed E-state index contributed by atoms with van der Waals surface area (Å²) in [6.07, 6.45) is 1.76. The Morgan fingerprint density at radius 1 is 0.880 bits per heavy atom. The lowest BCUT2D eigenvalue weighted by Gasteiger charge is -2.09. The molecule has 0 aliphatic heterocycles. The molecule has 0 amide bonds. The molecule has 0 aliphatic carbocycles. The molecule has 0 unspecified atom stereocenters. The van der Waals surface area contributed by atoms with Crippen LogP contribution in [0.5, 0.6) is 23.0 Å². The van der Waals surface area contributed by atoms with Crippen molar-refractivity contribution >= 4 is 5.97 Å². The normalized spacial score (nSPS) is 10.2. The number of methoxy groups -OCH3 is 2. The molecule has 0 heterocycles. The standard InChI is InChI=1S/C20H24O5/c1-4-11-24-16-6-8-17(9-7-16)25-20(21)10-5-15-12-18(22-2)14-19(13-15)23-3/h6-9,12-14H,4-5,10-11H2,1-3H3. The second kappa shape index (κ2) is 9.57. The molecule has 0 radical (unpaired) electrons. The Kier molecular flexibility index (Phi) is 7.14. The van der Waals surface area contributed by atoms with E-state index >= 15 is 0 Å². The zero-order valence-corrected chi connectivity index (χ0v) is 14.9. The van der Waals surface area contributed by atoms with E-state index in [4.69, 9.17) is 18.9 Å². The van der Waals surface area contributed by atoms with Crippen molar-refractivity contribution in [3.05, 3.63) is 48.0 Å². The Morgan fingerprint density at radius 2 is 1.48 bits per heavy atom. The van der Waals surface area contributed by atoms with Crippen LogP contribution in [0.1, 0.15) is 25.3 Å². The van der Waals surface area contributed by atoms with Crippen LogP contribution >= 0.6 is 0 Å². The molecular formula is C20H24O5. The molecule has 0 bridgehead atoms. The number of hydrogen-bond acceptors (Lipinski definition) is 5. The van der Waals surface area contributed by atoms with Crippen LogP contribution in [0.3, 0.4) is 0 Å². The Morgan fingerprint density at radius 3 is 2.04 bits per heavy atom. The third-order valence-electron chi connectivity index (χ3n) is 3.56. The number of carbonyl (C=O) groups is 1. The van der Waals surface area contributed by atoms with Gasteiger partial charge in [-0.2, -0.15) is 0 Å². The molecule has 25 heavy (non-hydrogen) atoms. The maximum absolute atomic E-state index is 12.0. The van der Waals surface area contributed by atoms with Crippen LogP contribution in [-0.4, -0.2) is 26.8 Å². The van der Waals surface area contributed by atoms with Crippen LogP contribution in [-0.2, 0) is 11.2 Å². The van der Waals surface area contributed by atoms with Crippen LogP contribution < -0.4 is 18.9 Å². The number of carbonyl (C=O) groups excluding carboxylic acids is 1. The number of rotatable bonds is 9. The fourth-order valence-corrected chi connectivity index (χ4v) is 2.26. The molecule has 0 saturated heterocycles. The van der Waals surface area contributed by atoms with Crippen molar-refractivity contribution in [2.75, 3.05) is 20.8 Å². The minimum Gasteiger partial charge on any atom is -0.497 e. The molecule has 2 rings (SSSR count). The summed E-state index contributed by atoms with van der Waals surface area (Å²) in [5.41, 5.74) is 0.955. The monoisotopic (exact) mass is 344 g/mol. The highest BCUT2D eigenvalue weighted by molar-refractivity contribution is 5.72. The zero-order chi connectivity index (χ0) is 18.1. The fraction of sp³-hybridized carbons (Fsp3) is 0.350. The molecule has 5 heteroatoms. The van der Waals surface area contributed by atoms with Crippen molar-refractivity contribution in [1.82, 2.24) is 0 Å². The largest absolute Gasteiger partial charge is 0.497 e. The Hall–Kier alpha value is -2.69. The zero-order valence-electron chi connectivity index (χ0n) is 14.9. The molecule has 134 valence electrons. The van der Waals surface area contributed by atoms with Gasteiger partial charge in [0.15, 0.2) is 0 Å². The number of esters is 1. The lowest BCUT2D eigenvalue weighted by Crippen LogP contribution is -2.09. The van der Waals surface area contributed by atoms with E-state index in [-0.39, 0.29) is 12.4 Å². The first-order valence-corrected chi connectivity index (χ1v) is 8.30. The summed E-state index contributed by atoms with van der Waals surface area (Å²) in [4.78, 5) is 12.0. The van der Waals surface area contributed by atoms with Crippen LogP contribution in [0.15, 0.2) is 42.5 Å². The molecule has 0 spiro atoms. The molecule has 2 aromatic carbocycles. The van der Waals surface area contributed by atoms with Crippen LogP contribution in [0.2, 0.25) is 0 Å². The van der Waals surface area contributed by atoms with Gasteiger partial charge in [0.25, 0.3) is 0 Å². The first-order chi connectivity index (χ1) is 12.1. The van der Waals surface area contributed by atoms with Gasteiger partial charge in [0, 0.05) is 12.5 Å². The molecule has 0 fully saturated rings. The molecule has 0 saturated carbocycles. The highest BCUT2D eigenvalue weighted by Gasteiger charge is 2.08. The van der Waals surface area contributed by atoms with Gasteiger partial charge in [-0.15, -0.1) is 0 Å². The van der Waals surface area contributed by atoms with E-state index in [1.54, 1.807) is 44.6 Å². The van der Waals surface area contributed by atoms with E-state index in [2.05, 4.69) is 0 Å². The average molecular weight is 344 g/mol. The first kappa shape index (κ1) is 18.6. The molecule has 5 nitrogen and oxygen atoms in total. The molecule has 2 aromatic rings. The average Bonchev–Trinajstić information content (AvgIpc) is 2.65. The van der Waals surface area contributed by atoms with Crippen molar-refractivity contribution in [1.29, 1.82) is 0 Å². The van der Waals surface area contributed by atoms with E-state index in [1.807, 2.05) is 19.1 Å². The third kappa shape index (κ3) is 6.03. The summed E-state index contributed by atoms with van der Waals surface area (Å²) in [7, 11) is 3.20. The van der Waals surface area contributed by atoms with Gasteiger partial charge in [0.2, 0.25) is 0 Å². The third-order valence-corrected chi connectivity index (χ3v) is 3.56. The number of ether oxygens (including phenoxy) is 4. The number of aryl methyl sites for hydroxylation is 1. The summed E-state index contributed by atoms with van der Waals surface area (Å²) < 4.78 is 21.3. The molecule has 0 aliphatic rings. The van der Waals surface area contributed by atoms with Crippen molar-refractivity contribution in [3.63, 3.8) is 0 Å². The van der Waals surface area contributed by atoms with Gasteiger partial charge in [-0.25, -0.2) is 0 Å². The van der Waals surface area contributed by atoms with Gasteiger partial charge in [-0.1, -0.05) is 6.92 Å². The van der Waals surface area contributed by atoms with E-state index in [0.29, 0.717) is 30.3 Å². The SMILES string of the molecule is CCCOc1ccc(OC(=O)CCc2cc(OC)cc(OC)c2)cc1. The van der Waals surface area contributed by atoms with Gasteiger partial charge in [0.05, 0.1) is 20.8 Å². The number of benzene rings is 2. The smallest absolute Gasteiger partial charge is 0.311 e. The van der Waals surface area contributed by atoms with Gasteiger partial charge >= 0.3 is 5.97 Å². The molecule has 0 atom stereocenters. The summed E-state index contributed by atoms with van der Waals surface area (Å²) >= 11 is 0. The van der Waals surface area contributed by atoms with Gasteiger partial charge in [0.1, 0.15) is 23.0 Å². The molecular weight excluding hydrogens is 320 g/mol. The van der Waals surface area contributed by atoms with E-state index in [1.165, 1.54) is 0 Å². The lowest BCUT2D eigenvalue weighted by atomic mass is 10.1. The quantitative estimate of drug-likeness (QED) is 0.508. The summed E-state index contributed by atoms with van der Waals surface area (Å²) in [5.74, 6) is 2.39. The Labute approximate surface area is 148 Å². The van der Waals surface area contributed by atoms with Crippen LogP contribution in [0.4, 0.5) is 0 Å². The van der Waals surface area contributed by atoms with E-state index < -0.39 is 0 Å². The predicted molar refractivity (Wildman–Crippen MR) is 95.7 cm³/mol. The summed E-state index contributed by atoms with van der Waals surface area (Å²) in [6.45, 7) is 2.72. The van der Waals surface area contributed by atoms with E-state index in [9.17, 15) is 4.79 Å². The van der Waals surface area contributed by atoms with Crippen LogP contribution in [0, 0.1) is 0 Å². The van der Waals surface area contributed by atoms with E-state index in [0.717, 1.165) is 17.7 Å². The minimum atomic E-state index is -0.288. The van der Waals surface area contributed by atoms with Crippen molar-refractivity contribution in [3.8, 4) is 23.0 Å². The van der Waals surface area contributed by atoms with Crippen molar-refractivity contribution in [2.45, 2.75) is 26.2 Å². The molecule has 0 N–H and O–H groups in total. The topological polar surface area (TPSA) is 54.0 Å². The highest BCUT2D eigenvalue weighted by Crippen LogP contribution is 2.24. The second-order valence-electron chi connectivity index (χ2n) is 5.51. The summed E-state index contributed by atoms with van der Waals surface area (Å²) in [5, 5.41) is 0. The predicted octanol–water partition coefficient (Wildman–Crippen LogP) is 4.03. The Bertz CT molecular complexity index is 657. The summed E-state index contributed by atoms with van der Waals surface area (Å²) in [6, 6.07) is 12.6. The maximum atomic E-state index is 12.0. The fourth-order valence-electron chi connectivity index (χ4n) is 2.26. The lowest BCUT2D eigenvalue weighted by molar-refractivity contribution is -0.134. The van der Waals surface area contributed by atoms with Gasteiger partial charge < -0.3 is 18.9 Å². The van der Waals surface area contributed by atoms with Gasteiger partial charge in [-0.3, -0.25) is 4.79 Å². The molecule has 0 aromatic heterocycles. The van der Waals surface area contributed by atoms with Crippen molar-refractivity contribution < 1.29 is 23.7 Å².